The van der Waals surface area contributed by atoms with Crippen LogP contribution in [0.5, 0.6) is 0 Å². The molecule has 1 saturated carbocycles. The highest BCUT2D eigenvalue weighted by Crippen LogP contribution is 2.26. The van der Waals surface area contributed by atoms with E-state index in [1.807, 2.05) is 24.3 Å². The summed E-state index contributed by atoms with van der Waals surface area (Å²) >= 11 is 0. The van der Waals surface area contributed by atoms with Crippen molar-refractivity contribution in [1.29, 1.82) is 0 Å². The zero-order valence-corrected chi connectivity index (χ0v) is 12.8. The fourth-order valence-corrected chi connectivity index (χ4v) is 2.92. The molecule has 110 valence electrons. The molecule has 0 aromatic heterocycles. The summed E-state index contributed by atoms with van der Waals surface area (Å²) in [6.45, 7) is 6.39. The minimum atomic E-state index is -0.0391. The van der Waals surface area contributed by atoms with Crippen LogP contribution in [0.25, 0.3) is 0 Å². The molecule has 3 nitrogen and oxygen atoms in total. The highest BCUT2D eigenvalue weighted by molar-refractivity contribution is 5.96. The Hall–Kier alpha value is -1.35. The van der Waals surface area contributed by atoms with Gasteiger partial charge in [0, 0.05) is 17.6 Å². The highest BCUT2D eigenvalue weighted by Gasteiger charge is 2.26. The number of carbonyl (C=O) groups excluding carboxylic acids is 1. The quantitative estimate of drug-likeness (QED) is 0.871. The molecule has 0 radical (unpaired) electrons. The van der Waals surface area contributed by atoms with Crippen LogP contribution in [0.3, 0.4) is 0 Å². The molecule has 0 unspecified atom stereocenters. The van der Waals surface area contributed by atoms with Crippen molar-refractivity contribution in [3.63, 3.8) is 0 Å². The van der Waals surface area contributed by atoms with Gasteiger partial charge >= 0.3 is 0 Å². The van der Waals surface area contributed by atoms with Crippen LogP contribution >= 0.6 is 0 Å². The summed E-state index contributed by atoms with van der Waals surface area (Å²) in [5.41, 5.74) is 7.94. The van der Waals surface area contributed by atoms with Gasteiger partial charge in [-0.1, -0.05) is 51.8 Å². The molecule has 1 aromatic rings. The van der Waals surface area contributed by atoms with E-state index in [1.54, 1.807) is 0 Å². The van der Waals surface area contributed by atoms with E-state index in [0.29, 0.717) is 0 Å². The SMILES string of the molecule is CC(C)(C)c1ccccc1C(=O)N[C@@H]1CCCC[C@H]1N. The molecule has 2 rings (SSSR count). The molecule has 0 saturated heterocycles. The van der Waals surface area contributed by atoms with E-state index in [9.17, 15) is 4.79 Å². The van der Waals surface area contributed by atoms with Gasteiger partial charge in [-0.25, -0.2) is 0 Å². The summed E-state index contributed by atoms with van der Waals surface area (Å²) in [6, 6.07) is 8.06. The van der Waals surface area contributed by atoms with Gasteiger partial charge in [-0.3, -0.25) is 4.79 Å². The number of benzene rings is 1. The van der Waals surface area contributed by atoms with Gasteiger partial charge in [0.1, 0.15) is 0 Å². The lowest BCUT2D eigenvalue weighted by atomic mass is 9.83. The Kier molecular flexibility index (Phi) is 4.48. The smallest absolute Gasteiger partial charge is 0.251 e. The number of amides is 1. The summed E-state index contributed by atoms with van der Waals surface area (Å²) in [5, 5.41) is 3.13. The van der Waals surface area contributed by atoms with Gasteiger partial charge in [0.15, 0.2) is 0 Å². The van der Waals surface area contributed by atoms with Crippen LogP contribution < -0.4 is 11.1 Å². The third-order valence-electron chi connectivity index (χ3n) is 4.12. The van der Waals surface area contributed by atoms with E-state index in [0.717, 1.165) is 30.4 Å². The molecule has 3 heteroatoms. The average molecular weight is 274 g/mol. The predicted octanol–water partition coefficient (Wildman–Crippen LogP) is 2.98. The Balaban J connectivity index is 2.17. The van der Waals surface area contributed by atoms with Gasteiger partial charge < -0.3 is 11.1 Å². The zero-order valence-electron chi connectivity index (χ0n) is 12.8. The number of hydrogen-bond acceptors (Lipinski definition) is 2. The summed E-state index contributed by atoms with van der Waals surface area (Å²) in [4.78, 5) is 12.6. The summed E-state index contributed by atoms with van der Waals surface area (Å²) in [6.07, 6.45) is 4.32. The Morgan fingerprint density at radius 1 is 1.20 bits per heavy atom. The largest absolute Gasteiger partial charge is 0.348 e. The number of nitrogens with one attached hydrogen (secondary N) is 1. The van der Waals surface area contributed by atoms with Crippen LogP contribution in [-0.4, -0.2) is 18.0 Å². The normalized spacial score (nSPS) is 23.4. The summed E-state index contributed by atoms with van der Waals surface area (Å²) in [7, 11) is 0. The molecule has 3 N–H and O–H groups in total. The van der Waals surface area contributed by atoms with Crippen LogP contribution in [0.4, 0.5) is 0 Å². The molecule has 20 heavy (non-hydrogen) atoms. The van der Waals surface area contributed by atoms with Crippen molar-refractivity contribution in [1.82, 2.24) is 5.32 Å². The second-order valence-electron chi connectivity index (χ2n) is 6.82. The second-order valence-corrected chi connectivity index (χ2v) is 6.82. The number of carbonyl (C=O) groups is 1. The highest BCUT2D eigenvalue weighted by atomic mass is 16.1. The first-order valence-corrected chi connectivity index (χ1v) is 7.55. The second kappa shape index (κ2) is 5.96. The molecule has 0 aliphatic heterocycles. The van der Waals surface area contributed by atoms with Gasteiger partial charge in [-0.05, 0) is 29.9 Å². The van der Waals surface area contributed by atoms with Gasteiger partial charge in [0.05, 0.1) is 0 Å². The number of nitrogens with two attached hydrogens (primary N) is 1. The van der Waals surface area contributed by atoms with E-state index in [2.05, 4.69) is 26.1 Å². The Bertz CT molecular complexity index is 476. The molecule has 0 heterocycles. The van der Waals surface area contributed by atoms with Gasteiger partial charge in [0.25, 0.3) is 5.91 Å². The summed E-state index contributed by atoms with van der Waals surface area (Å²) < 4.78 is 0. The van der Waals surface area contributed by atoms with Crippen LogP contribution in [-0.2, 0) is 5.41 Å². The monoisotopic (exact) mass is 274 g/mol. The first kappa shape index (κ1) is 15.0. The van der Waals surface area contributed by atoms with Crippen molar-refractivity contribution in [3.8, 4) is 0 Å². The van der Waals surface area contributed by atoms with Crippen LogP contribution in [0.15, 0.2) is 24.3 Å². The zero-order chi connectivity index (χ0) is 14.8. The Labute approximate surface area is 121 Å². The van der Waals surface area contributed by atoms with E-state index >= 15 is 0 Å². The van der Waals surface area contributed by atoms with Crippen molar-refractivity contribution >= 4 is 5.91 Å². The molecular weight excluding hydrogens is 248 g/mol. The molecule has 0 spiro atoms. The molecule has 1 aromatic carbocycles. The van der Waals surface area contributed by atoms with Crippen molar-refractivity contribution in [2.75, 3.05) is 0 Å². The van der Waals surface area contributed by atoms with Crippen molar-refractivity contribution < 1.29 is 4.79 Å². The maximum atomic E-state index is 12.6. The molecule has 0 bridgehead atoms. The van der Waals surface area contributed by atoms with E-state index < -0.39 is 0 Å². The first-order valence-electron chi connectivity index (χ1n) is 7.55. The van der Waals surface area contributed by atoms with Crippen LogP contribution in [0, 0.1) is 0 Å². The first-order chi connectivity index (χ1) is 9.39. The Morgan fingerprint density at radius 3 is 2.50 bits per heavy atom. The van der Waals surface area contributed by atoms with Gasteiger partial charge in [-0.2, -0.15) is 0 Å². The summed E-state index contributed by atoms with van der Waals surface area (Å²) in [5.74, 6) is 0.0119. The molecule has 1 aliphatic carbocycles. The van der Waals surface area contributed by atoms with E-state index in [4.69, 9.17) is 5.73 Å². The van der Waals surface area contributed by atoms with Crippen LogP contribution in [0.2, 0.25) is 0 Å². The number of hydrogen-bond donors (Lipinski definition) is 2. The third-order valence-corrected chi connectivity index (χ3v) is 4.12. The van der Waals surface area contributed by atoms with E-state index in [-0.39, 0.29) is 23.4 Å². The maximum Gasteiger partial charge on any atom is 0.251 e. The molecule has 1 amide bonds. The van der Waals surface area contributed by atoms with Crippen molar-refractivity contribution in [2.45, 2.75) is 64.0 Å². The lowest BCUT2D eigenvalue weighted by Crippen LogP contribution is -2.49. The molecule has 2 atom stereocenters. The fraction of sp³-hybridized carbons (Fsp3) is 0.588. The van der Waals surface area contributed by atoms with E-state index in [1.165, 1.54) is 6.42 Å². The fourth-order valence-electron chi connectivity index (χ4n) is 2.92. The average Bonchev–Trinajstić information content (AvgIpc) is 2.40. The topological polar surface area (TPSA) is 55.1 Å². The standard InChI is InChI=1S/C17H26N2O/c1-17(2,3)13-9-5-4-8-12(13)16(20)19-15-11-7-6-10-14(15)18/h4-5,8-9,14-15H,6-7,10-11,18H2,1-3H3,(H,19,20)/t14-,15-/m1/s1. The predicted molar refractivity (Wildman–Crippen MR) is 82.8 cm³/mol. The van der Waals surface area contributed by atoms with Gasteiger partial charge in [0.2, 0.25) is 0 Å². The lowest BCUT2D eigenvalue weighted by Gasteiger charge is -2.30. The maximum absolute atomic E-state index is 12.6. The molecule has 1 aliphatic rings. The van der Waals surface area contributed by atoms with Crippen molar-refractivity contribution in [2.24, 2.45) is 5.73 Å². The van der Waals surface area contributed by atoms with Crippen molar-refractivity contribution in [3.05, 3.63) is 35.4 Å². The Morgan fingerprint density at radius 2 is 1.85 bits per heavy atom. The van der Waals surface area contributed by atoms with Gasteiger partial charge in [-0.15, -0.1) is 0 Å². The molecule has 1 fully saturated rings. The third kappa shape index (κ3) is 3.40. The minimum Gasteiger partial charge on any atom is -0.348 e. The minimum absolute atomic E-state index is 0.0119. The van der Waals surface area contributed by atoms with Crippen LogP contribution in [0.1, 0.15) is 62.4 Å². The molecular formula is C17H26N2O. The number of rotatable bonds is 2. The lowest BCUT2D eigenvalue weighted by molar-refractivity contribution is 0.0919.